The molecule has 0 bridgehead atoms. The van der Waals surface area contributed by atoms with Crippen molar-refractivity contribution in [3.63, 3.8) is 0 Å². The fourth-order valence-electron chi connectivity index (χ4n) is 3.18. The molecule has 1 aromatic rings. The predicted molar refractivity (Wildman–Crippen MR) is 84.2 cm³/mol. The number of hydrogen-bond donors (Lipinski definition) is 2. The SMILES string of the molecule is CC1CC(C)(C)CCC1Nc1ccc(Cl)c(C(N)=O)c1. The van der Waals surface area contributed by atoms with Crippen molar-refractivity contribution in [2.75, 3.05) is 5.32 Å². The Labute approximate surface area is 125 Å². The number of benzene rings is 1. The number of carbonyl (C=O) groups is 1. The average Bonchev–Trinajstić information content (AvgIpc) is 2.34. The maximum atomic E-state index is 11.3. The van der Waals surface area contributed by atoms with Crippen LogP contribution < -0.4 is 11.1 Å². The third kappa shape index (κ3) is 3.45. The number of anilines is 1. The molecule has 1 aliphatic rings. The molecule has 0 heterocycles. The first-order valence-electron chi connectivity index (χ1n) is 7.14. The molecule has 1 aliphatic carbocycles. The normalized spacial score (nSPS) is 25.2. The second-order valence-corrected chi connectivity index (χ2v) is 7.10. The number of halogens is 1. The summed E-state index contributed by atoms with van der Waals surface area (Å²) in [6.45, 7) is 6.93. The molecule has 20 heavy (non-hydrogen) atoms. The zero-order valence-corrected chi connectivity index (χ0v) is 13.1. The summed E-state index contributed by atoms with van der Waals surface area (Å²) >= 11 is 5.97. The lowest BCUT2D eigenvalue weighted by atomic mass is 9.70. The van der Waals surface area contributed by atoms with Crippen LogP contribution in [0.15, 0.2) is 18.2 Å². The van der Waals surface area contributed by atoms with Gasteiger partial charge < -0.3 is 11.1 Å². The molecule has 1 fully saturated rings. The number of nitrogens with two attached hydrogens (primary N) is 1. The minimum atomic E-state index is -0.489. The fourth-order valence-corrected chi connectivity index (χ4v) is 3.39. The van der Waals surface area contributed by atoms with E-state index in [1.807, 2.05) is 6.07 Å². The van der Waals surface area contributed by atoms with Crippen molar-refractivity contribution in [3.8, 4) is 0 Å². The molecule has 0 aliphatic heterocycles. The summed E-state index contributed by atoms with van der Waals surface area (Å²) in [5.41, 5.74) is 7.05. The first-order chi connectivity index (χ1) is 9.28. The van der Waals surface area contributed by atoms with Crippen molar-refractivity contribution < 1.29 is 4.79 Å². The van der Waals surface area contributed by atoms with Gasteiger partial charge in [0.05, 0.1) is 10.6 Å². The number of amides is 1. The Bertz CT molecular complexity index is 513. The summed E-state index contributed by atoms with van der Waals surface area (Å²) in [6.07, 6.45) is 3.56. The van der Waals surface area contributed by atoms with Crippen molar-refractivity contribution in [1.82, 2.24) is 0 Å². The molecular weight excluding hydrogens is 272 g/mol. The van der Waals surface area contributed by atoms with Gasteiger partial charge in [0.25, 0.3) is 0 Å². The van der Waals surface area contributed by atoms with Gasteiger partial charge in [-0.05, 0) is 48.8 Å². The van der Waals surface area contributed by atoms with Crippen LogP contribution in [0.25, 0.3) is 0 Å². The lowest BCUT2D eigenvalue weighted by Gasteiger charge is -2.40. The Hall–Kier alpha value is -1.22. The molecule has 0 saturated heterocycles. The minimum Gasteiger partial charge on any atom is -0.382 e. The third-order valence-electron chi connectivity index (χ3n) is 4.28. The fraction of sp³-hybridized carbons (Fsp3) is 0.562. The Kier molecular flexibility index (Phi) is 4.28. The van der Waals surface area contributed by atoms with Gasteiger partial charge in [-0.15, -0.1) is 0 Å². The topological polar surface area (TPSA) is 55.1 Å². The van der Waals surface area contributed by atoms with Gasteiger partial charge in [-0.1, -0.05) is 32.4 Å². The molecule has 2 rings (SSSR count). The zero-order chi connectivity index (χ0) is 14.9. The molecule has 0 aromatic heterocycles. The Morgan fingerprint density at radius 2 is 2.15 bits per heavy atom. The van der Waals surface area contributed by atoms with E-state index in [2.05, 4.69) is 26.1 Å². The summed E-state index contributed by atoms with van der Waals surface area (Å²) in [4.78, 5) is 11.3. The summed E-state index contributed by atoms with van der Waals surface area (Å²) in [5.74, 6) is 0.114. The molecule has 0 radical (unpaired) electrons. The second-order valence-electron chi connectivity index (χ2n) is 6.69. The third-order valence-corrected chi connectivity index (χ3v) is 4.61. The maximum Gasteiger partial charge on any atom is 0.250 e. The smallest absolute Gasteiger partial charge is 0.250 e. The van der Waals surface area contributed by atoms with Crippen LogP contribution in [0.5, 0.6) is 0 Å². The van der Waals surface area contributed by atoms with Gasteiger partial charge in [0.2, 0.25) is 5.91 Å². The summed E-state index contributed by atoms with van der Waals surface area (Å²) in [6, 6.07) is 5.81. The molecule has 4 heteroatoms. The molecule has 3 nitrogen and oxygen atoms in total. The summed E-state index contributed by atoms with van der Waals surface area (Å²) in [7, 11) is 0. The molecule has 0 spiro atoms. The number of nitrogens with one attached hydrogen (secondary N) is 1. The highest BCUT2D eigenvalue weighted by Gasteiger charge is 2.32. The van der Waals surface area contributed by atoms with Crippen LogP contribution in [0.2, 0.25) is 5.02 Å². The molecule has 1 amide bonds. The van der Waals surface area contributed by atoms with Crippen LogP contribution in [0, 0.1) is 11.3 Å². The standard InChI is InChI=1S/C16H23ClN2O/c1-10-9-16(2,3)7-6-14(10)19-11-4-5-13(17)12(8-11)15(18)20/h4-5,8,10,14,19H,6-7,9H2,1-3H3,(H2,18,20). The lowest BCUT2D eigenvalue weighted by molar-refractivity contribution is 0.100. The number of rotatable bonds is 3. The highest BCUT2D eigenvalue weighted by Crippen LogP contribution is 2.39. The predicted octanol–water partition coefficient (Wildman–Crippen LogP) is 4.07. The van der Waals surface area contributed by atoms with Crippen molar-refractivity contribution in [1.29, 1.82) is 0 Å². The summed E-state index contributed by atoms with van der Waals surface area (Å²) < 4.78 is 0. The van der Waals surface area contributed by atoms with Crippen LogP contribution in [0.3, 0.4) is 0 Å². The van der Waals surface area contributed by atoms with Crippen molar-refractivity contribution in [2.24, 2.45) is 17.1 Å². The minimum absolute atomic E-state index is 0.375. The number of hydrogen-bond acceptors (Lipinski definition) is 2. The molecule has 1 saturated carbocycles. The molecule has 2 atom stereocenters. The van der Waals surface area contributed by atoms with Crippen LogP contribution >= 0.6 is 11.6 Å². The van der Waals surface area contributed by atoms with E-state index in [9.17, 15) is 4.79 Å². The van der Waals surface area contributed by atoms with E-state index in [0.717, 1.165) is 12.1 Å². The van der Waals surface area contributed by atoms with Crippen LogP contribution in [-0.4, -0.2) is 11.9 Å². The average molecular weight is 295 g/mol. The quantitative estimate of drug-likeness (QED) is 0.883. The van der Waals surface area contributed by atoms with E-state index in [1.54, 1.807) is 12.1 Å². The van der Waals surface area contributed by atoms with Gasteiger partial charge in [-0.2, -0.15) is 0 Å². The summed E-state index contributed by atoms with van der Waals surface area (Å²) in [5, 5.41) is 3.93. The Balaban J connectivity index is 2.11. The van der Waals surface area contributed by atoms with Gasteiger partial charge in [0, 0.05) is 11.7 Å². The van der Waals surface area contributed by atoms with Crippen LogP contribution in [0.4, 0.5) is 5.69 Å². The van der Waals surface area contributed by atoms with Gasteiger partial charge in [-0.3, -0.25) is 4.79 Å². The van der Waals surface area contributed by atoms with Crippen molar-refractivity contribution in [2.45, 2.75) is 46.1 Å². The highest BCUT2D eigenvalue weighted by atomic mass is 35.5. The van der Waals surface area contributed by atoms with E-state index in [4.69, 9.17) is 17.3 Å². The van der Waals surface area contributed by atoms with Crippen LogP contribution in [-0.2, 0) is 0 Å². The molecule has 110 valence electrons. The molecule has 1 aromatic carbocycles. The van der Waals surface area contributed by atoms with Crippen molar-refractivity contribution in [3.05, 3.63) is 28.8 Å². The number of carbonyl (C=O) groups excluding carboxylic acids is 1. The van der Waals surface area contributed by atoms with E-state index < -0.39 is 5.91 Å². The second kappa shape index (κ2) is 5.65. The lowest BCUT2D eigenvalue weighted by Crippen LogP contribution is -2.36. The highest BCUT2D eigenvalue weighted by molar-refractivity contribution is 6.33. The van der Waals surface area contributed by atoms with E-state index in [0.29, 0.717) is 28.0 Å². The molecule has 2 unspecified atom stereocenters. The largest absolute Gasteiger partial charge is 0.382 e. The zero-order valence-electron chi connectivity index (χ0n) is 12.4. The van der Waals surface area contributed by atoms with Gasteiger partial charge in [0.15, 0.2) is 0 Å². The van der Waals surface area contributed by atoms with Gasteiger partial charge >= 0.3 is 0 Å². The number of primary amides is 1. The maximum absolute atomic E-state index is 11.3. The Morgan fingerprint density at radius 3 is 2.75 bits per heavy atom. The first kappa shape index (κ1) is 15.2. The molecular formula is C16H23ClN2O. The Morgan fingerprint density at radius 1 is 1.45 bits per heavy atom. The van der Waals surface area contributed by atoms with Gasteiger partial charge in [-0.25, -0.2) is 0 Å². The molecule has 3 N–H and O–H groups in total. The van der Waals surface area contributed by atoms with E-state index in [1.165, 1.54) is 12.8 Å². The van der Waals surface area contributed by atoms with Crippen LogP contribution in [0.1, 0.15) is 50.4 Å². The van der Waals surface area contributed by atoms with E-state index >= 15 is 0 Å². The van der Waals surface area contributed by atoms with Gasteiger partial charge in [0.1, 0.15) is 0 Å². The monoisotopic (exact) mass is 294 g/mol. The first-order valence-corrected chi connectivity index (χ1v) is 7.52. The van der Waals surface area contributed by atoms with Crippen molar-refractivity contribution >= 4 is 23.2 Å². The van der Waals surface area contributed by atoms with E-state index in [-0.39, 0.29) is 0 Å².